The van der Waals surface area contributed by atoms with Crippen molar-refractivity contribution in [1.82, 2.24) is 10.2 Å². The van der Waals surface area contributed by atoms with Crippen molar-refractivity contribution in [3.8, 4) is 5.75 Å². The molecule has 3 rings (SSSR count). The van der Waals surface area contributed by atoms with Gasteiger partial charge in [0.2, 0.25) is 5.91 Å². The van der Waals surface area contributed by atoms with Crippen molar-refractivity contribution in [2.24, 2.45) is 11.8 Å². The van der Waals surface area contributed by atoms with Crippen LogP contribution < -0.4 is 10.1 Å². The fraction of sp³-hybridized carbons (Fsp3) is 0.533. The lowest BCUT2D eigenvalue weighted by atomic mass is 10.0. The van der Waals surface area contributed by atoms with Gasteiger partial charge >= 0.3 is 0 Å². The molecule has 2 aliphatic heterocycles. The number of fused-ring (bicyclic) bond motifs is 1. The Morgan fingerprint density at radius 1 is 1.21 bits per heavy atom. The van der Waals surface area contributed by atoms with Gasteiger partial charge in [0.25, 0.3) is 0 Å². The van der Waals surface area contributed by atoms with E-state index in [0.717, 1.165) is 31.9 Å². The highest BCUT2D eigenvalue weighted by atomic mass is 16.5. The average molecular weight is 260 g/mol. The molecule has 1 amide bonds. The minimum Gasteiger partial charge on any atom is -0.493 e. The summed E-state index contributed by atoms with van der Waals surface area (Å²) in [5.74, 6) is 2.39. The Balaban J connectivity index is 1.42. The largest absolute Gasteiger partial charge is 0.493 e. The number of benzene rings is 1. The van der Waals surface area contributed by atoms with E-state index in [2.05, 4.69) is 5.32 Å². The number of ether oxygens (including phenoxy) is 1. The second-order valence-electron chi connectivity index (χ2n) is 5.39. The van der Waals surface area contributed by atoms with Crippen molar-refractivity contribution in [2.75, 3.05) is 32.8 Å². The maximum atomic E-state index is 12.1. The Labute approximate surface area is 113 Å². The number of hydrogen-bond acceptors (Lipinski definition) is 3. The van der Waals surface area contributed by atoms with E-state index in [4.69, 9.17) is 4.74 Å². The zero-order valence-corrected chi connectivity index (χ0v) is 11.0. The van der Waals surface area contributed by atoms with E-state index >= 15 is 0 Å². The monoisotopic (exact) mass is 260 g/mol. The topological polar surface area (TPSA) is 41.6 Å². The molecule has 2 fully saturated rings. The molecule has 4 heteroatoms. The van der Waals surface area contributed by atoms with Gasteiger partial charge in [-0.1, -0.05) is 18.2 Å². The predicted molar refractivity (Wildman–Crippen MR) is 73.0 cm³/mol. The van der Waals surface area contributed by atoms with Gasteiger partial charge in [-0.25, -0.2) is 0 Å². The summed E-state index contributed by atoms with van der Waals surface area (Å²) in [5, 5.41) is 3.39. The molecule has 2 atom stereocenters. The molecule has 1 aromatic rings. The van der Waals surface area contributed by atoms with Crippen molar-refractivity contribution in [3.63, 3.8) is 0 Å². The molecule has 2 saturated heterocycles. The predicted octanol–water partition coefficient (Wildman–Crippen LogP) is 1.13. The Kier molecular flexibility index (Phi) is 3.69. The summed E-state index contributed by atoms with van der Waals surface area (Å²) in [4.78, 5) is 14.1. The lowest BCUT2D eigenvalue weighted by molar-refractivity contribution is -0.130. The molecular formula is C15H20N2O2. The van der Waals surface area contributed by atoms with Crippen LogP contribution in [0, 0.1) is 11.8 Å². The first-order chi connectivity index (χ1) is 9.33. The number of nitrogens with zero attached hydrogens (tertiary/aromatic N) is 1. The number of amides is 1. The molecule has 0 radical (unpaired) electrons. The minimum absolute atomic E-state index is 0.227. The molecule has 19 heavy (non-hydrogen) atoms. The summed E-state index contributed by atoms with van der Waals surface area (Å²) >= 11 is 0. The maximum Gasteiger partial charge on any atom is 0.226 e. The number of rotatable bonds is 4. The summed E-state index contributed by atoms with van der Waals surface area (Å²) in [7, 11) is 0. The smallest absolute Gasteiger partial charge is 0.226 e. The highest BCUT2D eigenvalue weighted by Crippen LogP contribution is 2.26. The number of para-hydroxylation sites is 1. The molecular weight excluding hydrogens is 240 g/mol. The summed E-state index contributed by atoms with van der Waals surface area (Å²) in [5.41, 5.74) is 0. The molecule has 0 aromatic heterocycles. The van der Waals surface area contributed by atoms with Crippen LogP contribution in [0.15, 0.2) is 30.3 Å². The maximum absolute atomic E-state index is 12.1. The SMILES string of the molecule is O=C(CCOc1ccccc1)N1CC2CNCC2C1. The van der Waals surface area contributed by atoms with Gasteiger partial charge in [0.05, 0.1) is 13.0 Å². The lowest BCUT2D eigenvalue weighted by Crippen LogP contribution is -2.32. The Morgan fingerprint density at radius 3 is 2.58 bits per heavy atom. The quantitative estimate of drug-likeness (QED) is 0.882. The normalized spacial score (nSPS) is 25.4. The first-order valence-corrected chi connectivity index (χ1v) is 6.99. The molecule has 2 aliphatic rings. The third-order valence-corrected chi connectivity index (χ3v) is 4.07. The molecule has 0 bridgehead atoms. The van der Waals surface area contributed by atoms with Crippen LogP contribution in [0.2, 0.25) is 0 Å². The van der Waals surface area contributed by atoms with Crippen molar-refractivity contribution in [3.05, 3.63) is 30.3 Å². The first-order valence-electron chi connectivity index (χ1n) is 6.99. The van der Waals surface area contributed by atoms with Crippen molar-refractivity contribution in [1.29, 1.82) is 0 Å². The van der Waals surface area contributed by atoms with Crippen LogP contribution in [0.5, 0.6) is 5.75 Å². The highest BCUT2D eigenvalue weighted by Gasteiger charge is 2.37. The minimum atomic E-state index is 0.227. The Morgan fingerprint density at radius 2 is 1.89 bits per heavy atom. The zero-order chi connectivity index (χ0) is 13.1. The first kappa shape index (κ1) is 12.5. The summed E-state index contributed by atoms with van der Waals surface area (Å²) in [6, 6.07) is 9.65. The number of hydrogen-bond donors (Lipinski definition) is 1. The Hall–Kier alpha value is -1.55. The van der Waals surface area contributed by atoms with Crippen molar-refractivity contribution in [2.45, 2.75) is 6.42 Å². The van der Waals surface area contributed by atoms with Crippen LogP contribution >= 0.6 is 0 Å². The second-order valence-corrected chi connectivity index (χ2v) is 5.39. The number of nitrogens with one attached hydrogen (secondary N) is 1. The van der Waals surface area contributed by atoms with Gasteiger partial charge in [-0.3, -0.25) is 4.79 Å². The molecule has 4 nitrogen and oxygen atoms in total. The molecule has 2 heterocycles. The van der Waals surface area contributed by atoms with E-state index < -0.39 is 0 Å². The van der Waals surface area contributed by atoms with Crippen LogP contribution in [-0.4, -0.2) is 43.6 Å². The highest BCUT2D eigenvalue weighted by molar-refractivity contribution is 5.76. The van der Waals surface area contributed by atoms with Gasteiger partial charge in [0.1, 0.15) is 5.75 Å². The van der Waals surface area contributed by atoms with Crippen molar-refractivity contribution >= 4 is 5.91 Å². The molecule has 0 saturated carbocycles. The van der Waals surface area contributed by atoms with Gasteiger partial charge < -0.3 is 15.0 Å². The number of carbonyl (C=O) groups is 1. The summed E-state index contributed by atoms with van der Waals surface area (Å²) in [6.07, 6.45) is 0.474. The van der Waals surface area contributed by atoms with E-state index in [0.29, 0.717) is 24.9 Å². The second kappa shape index (κ2) is 5.61. The van der Waals surface area contributed by atoms with Crippen LogP contribution in [0.4, 0.5) is 0 Å². The van der Waals surface area contributed by atoms with E-state index in [-0.39, 0.29) is 5.91 Å². The lowest BCUT2D eigenvalue weighted by Gasteiger charge is -2.17. The van der Waals surface area contributed by atoms with Crippen molar-refractivity contribution < 1.29 is 9.53 Å². The molecule has 0 spiro atoms. The fourth-order valence-electron chi connectivity index (χ4n) is 2.99. The van der Waals surface area contributed by atoms with Gasteiger partial charge in [0.15, 0.2) is 0 Å². The Bertz CT molecular complexity index is 423. The molecule has 102 valence electrons. The van der Waals surface area contributed by atoms with E-state index in [1.54, 1.807) is 0 Å². The van der Waals surface area contributed by atoms with E-state index in [1.807, 2.05) is 35.2 Å². The standard InChI is InChI=1S/C15H20N2O2/c18-15(6-7-19-14-4-2-1-3-5-14)17-10-12-8-16-9-13(12)11-17/h1-5,12-13,16H,6-11H2. The molecule has 0 aliphatic carbocycles. The molecule has 2 unspecified atom stereocenters. The average Bonchev–Trinajstić information content (AvgIpc) is 3.00. The summed E-state index contributed by atoms with van der Waals surface area (Å²) < 4.78 is 5.57. The van der Waals surface area contributed by atoms with Crippen LogP contribution in [0.1, 0.15) is 6.42 Å². The van der Waals surface area contributed by atoms with Crippen LogP contribution in [0.25, 0.3) is 0 Å². The molecule has 1 aromatic carbocycles. The van der Waals surface area contributed by atoms with Gasteiger partial charge in [-0.2, -0.15) is 0 Å². The van der Waals surface area contributed by atoms with E-state index in [9.17, 15) is 4.79 Å². The summed E-state index contributed by atoms with van der Waals surface area (Å²) in [6.45, 7) is 4.43. The van der Waals surface area contributed by atoms with Gasteiger partial charge in [0, 0.05) is 26.2 Å². The number of likely N-dealkylation sites (tertiary alicyclic amines) is 1. The van der Waals surface area contributed by atoms with E-state index in [1.165, 1.54) is 0 Å². The van der Waals surface area contributed by atoms with Crippen LogP contribution in [-0.2, 0) is 4.79 Å². The molecule has 1 N–H and O–H groups in total. The van der Waals surface area contributed by atoms with Gasteiger partial charge in [-0.05, 0) is 24.0 Å². The number of carbonyl (C=O) groups excluding carboxylic acids is 1. The third-order valence-electron chi connectivity index (χ3n) is 4.07. The third kappa shape index (κ3) is 2.89. The fourth-order valence-corrected chi connectivity index (χ4v) is 2.99. The van der Waals surface area contributed by atoms with Gasteiger partial charge in [-0.15, -0.1) is 0 Å². The van der Waals surface area contributed by atoms with Crippen LogP contribution in [0.3, 0.4) is 0 Å². The zero-order valence-electron chi connectivity index (χ0n) is 11.0.